The third-order valence-corrected chi connectivity index (χ3v) is 3.90. The van der Waals surface area contributed by atoms with E-state index in [1.54, 1.807) is 24.5 Å². The first-order valence-corrected chi connectivity index (χ1v) is 6.89. The van der Waals surface area contributed by atoms with E-state index in [4.69, 9.17) is 5.73 Å². The largest absolute Gasteiger partial charge is 0.383 e. The molecule has 0 spiro atoms. The number of aliphatic hydroxyl groups is 1. The van der Waals surface area contributed by atoms with E-state index in [1.165, 1.54) is 0 Å². The Labute approximate surface area is 124 Å². The first-order chi connectivity index (χ1) is 9.68. The van der Waals surface area contributed by atoms with Crippen LogP contribution in [0.25, 0.3) is 10.9 Å². The summed E-state index contributed by atoms with van der Waals surface area (Å²) in [5.41, 5.74) is 7.88. The Bertz CT molecular complexity index is 776. The molecule has 0 aliphatic carbocycles. The van der Waals surface area contributed by atoms with E-state index < -0.39 is 6.10 Å². The molecule has 0 bridgehead atoms. The minimum Gasteiger partial charge on any atom is -0.383 e. The van der Waals surface area contributed by atoms with Gasteiger partial charge in [0.25, 0.3) is 0 Å². The summed E-state index contributed by atoms with van der Waals surface area (Å²) in [5.74, 6) is 0.326. The molecule has 5 heteroatoms. The van der Waals surface area contributed by atoms with Crippen molar-refractivity contribution >= 4 is 32.7 Å². The summed E-state index contributed by atoms with van der Waals surface area (Å²) >= 11 is 3.49. The van der Waals surface area contributed by atoms with Crippen LogP contribution in [0.1, 0.15) is 17.2 Å². The highest BCUT2D eigenvalue weighted by Crippen LogP contribution is 2.32. The summed E-state index contributed by atoms with van der Waals surface area (Å²) in [4.78, 5) is 8.38. The van der Waals surface area contributed by atoms with Gasteiger partial charge in [-0.1, -0.05) is 34.1 Å². The van der Waals surface area contributed by atoms with Crippen molar-refractivity contribution in [1.29, 1.82) is 0 Å². The molecule has 1 atom stereocenters. The molecule has 20 heavy (non-hydrogen) atoms. The number of fused-ring (bicyclic) bond motifs is 1. The van der Waals surface area contributed by atoms with Gasteiger partial charge < -0.3 is 10.8 Å². The van der Waals surface area contributed by atoms with E-state index in [1.807, 2.05) is 24.3 Å². The van der Waals surface area contributed by atoms with E-state index in [0.29, 0.717) is 16.9 Å². The summed E-state index contributed by atoms with van der Waals surface area (Å²) < 4.78 is 0.940. The highest BCUT2D eigenvalue weighted by molar-refractivity contribution is 9.10. The van der Waals surface area contributed by atoms with Crippen LogP contribution in [0.15, 0.2) is 53.3 Å². The van der Waals surface area contributed by atoms with E-state index >= 15 is 0 Å². The number of anilines is 1. The minimum absolute atomic E-state index is 0.326. The zero-order valence-corrected chi connectivity index (χ0v) is 12.1. The first kappa shape index (κ1) is 13.0. The Morgan fingerprint density at radius 2 is 1.75 bits per heavy atom. The Morgan fingerprint density at radius 1 is 1.00 bits per heavy atom. The van der Waals surface area contributed by atoms with Crippen LogP contribution >= 0.6 is 15.9 Å². The molecule has 0 radical (unpaired) electrons. The van der Waals surface area contributed by atoms with Crippen LogP contribution in [0.5, 0.6) is 0 Å². The van der Waals surface area contributed by atoms with Crippen molar-refractivity contribution in [2.45, 2.75) is 6.10 Å². The average molecular weight is 330 g/mol. The third kappa shape index (κ3) is 2.15. The van der Waals surface area contributed by atoms with Crippen molar-refractivity contribution in [3.63, 3.8) is 0 Å². The maximum atomic E-state index is 10.6. The summed E-state index contributed by atoms with van der Waals surface area (Å²) in [6.45, 7) is 0. The van der Waals surface area contributed by atoms with Crippen molar-refractivity contribution in [3.05, 3.63) is 64.4 Å². The van der Waals surface area contributed by atoms with Gasteiger partial charge in [0, 0.05) is 33.4 Å². The van der Waals surface area contributed by atoms with Gasteiger partial charge in [-0.2, -0.15) is 0 Å². The van der Waals surface area contributed by atoms with Crippen LogP contribution in [0.4, 0.5) is 5.82 Å². The van der Waals surface area contributed by atoms with Gasteiger partial charge in [0.1, 0.15) is 11.9 Å². The topological polar surface area (TPSA) is 72.0 Å². The molecule has 4 nitrogen and oxygen atoms in total. The van der Waals surface area contributed by atoms with Crippen molar-refractivity contribution in [2.75, 3.05) is 5.73 Å². The number of halogens is 1. The van der Waals surface area contributed by atoms with E-state index in [0.717, 1.165) is 15.4 Å². The lowest BCUT2D eigenvalue weighted by molar-refractivity contribution is 0.222. The molecule has 2 heterocycles. The number of nitrogen functional groups attached to an aromatic ring is 1. The molecule has 1 aromatic carbocycles. The molecular weight excluding hydrogens is 318 g/mol. The van der Waals surface area contributed by atoms with E-state index in [9.17, 15) is 5.11 Å². The molecule has 0 fully saturated rings. The van der Waals surface area contributed by atoms with Gasteiger partial charge in [0.05, 0.1) is 5.52 Å². The van der Waals surface area contributed by atoms with Crippen LogP contribution in [0.2, 0.25) is 0 Å². The van der Waals surface area contributed by atoms with Gasteiger partial charge in [-0.3, -0.25) is 4.98 Å². The standard InChI is InChI=1S/C15H12BrN3O/c16-12-6-5-10(13-9(12)3-1-7-18-13)14(20)11-4-2-8-19-15(11)17/h1-8,14,20H,(H2,17,19). The van der Waals surface area contributed by atoms with Gasteiger partial charge in [-0.25, -0.2) is 4.98 Å². The molecule has 100 valence electrons. The van der Waals surface area contributed by atoms with Crippen LogP contribution in [-0.4, -0.2) is 15.1 Å². The zero-order valence-electron chi connectivity index (χ0n) is 10.5. The molecule has 2 aromatic heterocycles. The predicted molar refractivity (Wildman–Crippen MR) is 82.2 cm³/mol. The zero-order chi connectivity index (χ0) is 14.1. The van der Waals surface area contributed by atoms with Gasteiger partial charge in [0.2, 0.25) is 0 Å². The minimum atomic E-state index is -0.853. The molecule has 3 rings (SSSR count). The number of aliphatic hydroxyl groups excluding tert-OH is 1. The summed E-state index contributed by atoms with van der Waals surface area (Å²) in [5, 5.41) is 11.5. The van der Waals surface area contributed by atoms with Crippen molar-refractivity contribution in [2.24, 2.45) is 0 Å². The number of hydrogen-bond donors (Lipinski definition) is 2. The van der Waals surface area contributed by atoms with Crippen molar-refractivity contribution in [1.82, 2.24) is 9.97 Å². The Hall–Kier alpha value is -1.98. The Kier molecular flexibility index (Phi) is 3.38. The van der Waals surface area contributed by atoms with Crippen LogP contribution < -0.4 is 5.73 Å². The lowest BCUT2D eigenvalue weighted by Crippen LogP contribution is -2.06. The van der Waals surface area contributed by atoms with Crippen molar-refractivity contribution < 1.29 is 5.11 Å². The SMILES string of the molecule is Nc1ncccc1C(O)c1ccc(Br)c2cccnc12. The average Bonchev–Trinajstić information content (AvgIpc) is 2.48. The number of hydrogen-bond acceptors (Lipinski definition) is 4. The first-order valence-electron chi connectivity index (χ1n) is 6.10. The molecule has 3 N–H and O–H groups in total. The second kappa shape index (κ2) is 5.19. The number of aromatic nitrogens is 2. The van der Waals surface area contributed by atoms with E-state index in [2.05, 4.69) is 25.9 Å². The monoisotopic (exact) mass is 329 g/mol. The number of nitrogens with two attached hydrogens (primary N) is 1. The highest BCUT2D eigenvalue weighted by Gasteiger charge is 2.18. The highest BCUT2D eigenvalue weighted by atomic mass is 79.9. The Morgan fingerprint density at radius 3 is 2.55 bits per heavy atom. The number of benzene rings is 1. The smallest absolute Gasteiger partial charge is 0.129 e. The Balaban J connectivity index is 2.20. The fourth-order valence-corrected chi connectivity index (χ4v) is 2.66. The normalized spacial score (nSPS) is 12.5. The number of nitrogens with zero attached hydrogens (tertiary/aromatic N) is 2. The molecule has 3 aromatic rings. The fraction of sp³-hybridized carbons (Fsp3) is 0.0667. The van der Waals surface area contributed by atoms with Crippen molar-refractivity contribution in [3.8, 4) is 0 Å². The maximum absolute atomic E-state index is 10.6. The lowest BCUT2D eigenvalue weighted by atomic mass is 9.99. The molecule has 0 saturated carbocycles. The van der Waals surface area contributed by atoms with Crippen LogP contribution in [-0.2, 0) is 0 Å². The van der Waals surface area contributed by atoms with E-state index in [-0.39, 0.29) is 0 Å². The van der Waals surface area contributed by atoms with Gasteiger partial charge >= 0.3 is 0 Å². The molecule has 0 saturated heterocycles. The van der Waals surface area contributed by atoms with Gasteiger partial charge in [-0.15, -0.1) is 0 Å². The molecule has 0 aliphatic rings. The summed E-state index contributed by atoms with van der Waals surface area (Å²) in [6.07, 6.45) is 2.45. The molecule has 0 amide bonds. The quantitative estimate of drug-likeness (QED) is 0.757. The second-order valence-electron chi connectivity index (χ2n) is 4.42. The third-order valence-electron chi connectivity index (χ3n) is 3.21. The van der Waals surface area contributed by atoms with Crippen LogP contribution in [0.3, 0.4) is 0 Å². The van der Waals surface area contributed by atoms with Gasteiger partial charge in [0.15, 0.2) is 0 Å². The molecular formula is C15H12BrN3O. The van der Waals surface area contributed by atoms with Crippen LogP contribution in [0, 0.1) is 0 Å². The summed E-state index contributed by atoms with van der Waals surface area (Å²) in [6, 6.07) is 11.1. The van der Waals surface area contributed by atoms with Gasteiger partial charge in [-0.05, 0) is 18.2 Å². The molecule has 1 unspecified atom stereocenters. The maximum Gasteiger partial charge on any atom is 0.129 e. The predicted octanol–water partition coefficient (Wildman–Crippen LogP) is 3.06. The lowest BCUT2D eigenvalue weighted by Gasteiger charge is -2.15. The number of pyridine rings is 2. The molecule has 0 aliphatic heterocycles. The number of rotatable bonds is 2. The second-order valence-corrected chi connectivity index (χ2v) is 5.27. The fourth-order valence-electron chi connectivity index (χ4n) is 2.21. The summed E-state index contributed by atoms with van der Waals surface area (Å²) in [7, 11) is 0.